The molecule has 0 aliphatic heterocycles. The largest absolute Gasteiger partial charge is 0.462 e. The maximum absolute atomic E-state index is 13.2. The summed E-state index contributed by atoms with van der Waals surface area (Å²) in [5.41, 5.74) is 0. The molecule has 3 atom stereocenters. The van der Waals surface area contributed by atoms with Crippen LogP contribution < -0.4 is 5.32 Å². The zero-order valence-corrected chi connectivity index (χ0v) is 40.8. The van der Waals surface area contributed by atoms with E-state index in [0.717, 1.165) is 70.6 Å². The monoisotopic (exact) mass is 858 g/mol. The van der Waals surface area contributed by atoms with Gasteiger partial charge in [0.1, 0.15) is 6.10 Å². The van der Waals surface area contributed by atoms with Gasteiger partial charge in [0.05, 0.1) is 25.2 Å². The van der Waals surface area contributed by atoms with Crippen LogP contribution in [0.25, 0.3) is 0 Å². The van der Waals surface area contributed by atoms with Gasteiger partial charge in [0.2, 0.25) is 5.91 Å². The molecule has 0 rings (SSSR count). The third-order valence-corrected chi connectivity index (χ3v) is 12.2. The molecule has 358 valence electrons. The number of aliphatic hydroxyl groups is 2. The second-order valence-electron chi connectivity index (χ2n) is 18.3. The Morgan fingerprint density at radius 3 is 1.30 bits per heavy atom. The summed E-state index contributed by atoms with van der Waals surface area (Å²) in [5.74, 6) is -0.490. The topological polar surface area (TPSA) is 95.9 Å². The predicted octanol–water partition coefficient (Wildman–Crippen LogP) is 16.1. The van der Waals surface area contributed by atoms with Gasteiger partial charge in [-0.15, -0.1) is 0 Å². The van der Waals surface area contributed by atoms with Crippen LogP contribution in [0.1, 0.15) is 278 Å². The Morgan fingerprint density at radius 1 is 0.475 bits per heavy atom. The zero-order valence-electron chi connectivity index (χ0n) is 40.8. The van der Waals surface area contributed by atoms with Crippen molar-refractivity contribution in [1.82, 2.24) is 5.32 Å². The molecule has 0 saturated carbocycles. The van der Waals surface area contributed by atoms with Gasteiger partial charge in [-0.05, 0) is 64.2 Å². The lowest BCUT2D eigenvalue weighted by Crippen LogP contribution is -2.46. The molecule has 3 N–H and O–H groups in total. The molecule has 0 radical (unpaired) electrons. The summed E-state index contributed by atoms with van der Waals surface area (Å²) in [6, 6.07) is -0.702. The SMILES string of the molecule is CCCCC/C=C\C/C=C\C/C=C\CCCCCCC(=O)OC(CCCCCCCCCCC)CC(=O)NC(CO)C(O)CCCCCCCCCCCCCCCCCC. The number of carbonyl (C=O) groups excluding carboxylic acids is 2. The Kier molecular flexibility index (Phi) is 47.6. The quantitative estimate of drug-likeness (QED) is 0.0322. The third-order valence-electron chi connectivity index (χ3n) is 12.2. The molecule has 0 aliphatic rings. The minimum absolute atomic E-state index is 0.0717. The number of amides is 1. The molecule has 0 spiro atoms. The molecule has 0 fully saturated rings. The molecule has 0 saturated heterocycles. The molecule has 0 aromatic rings. The Balaban J connectivity index is 4.45. The van der Waals surface area contributed by atoms with E-state index in [1.807, 2.05) is 0 Å². The highest BCUT2D eigenvalue weighted by Gasteiger charge is 2.24. The molecule has 0 aromatic carbocycles. The van der Waals surface area contributed by atoms with Gasteiger partial charge in [0.15, 0.2) is 0 Å². The molecule has 1 amide bonds. The molecule has 3 unspecified atom stereocenters. The highest BCUT2D eigenvalue weighted by atomic mass is 16.5. The van der Waals surface area contributed by atoms with E-state index in [4.69, 9.17) is 4.74 Å². The summed E-state index contributed by atoms with van der Waals surface area (Å²) >= 11 is 0. The van der Waals surface area contributed by atoms with Crippen LogP contribution in [0.5, 0.6) is 0 Å². The van der Waals surface area contributed by atoms with E-state index in [0.29, 0.717) is 19.3 Å². The number of allylic oxidation sites excluding steroid dienone is 6. The first-order chi connectivity index (χ1) is 30.0. The van der Waals surface area contributed by atoms with Crippen LogP contribution in [0.4, 0.5) is 0 Å². The number of ether oxygens (including phenoxy) is 1. The van der Waals surface area contributed by atoms with Crippen LogP contribution in [0.3, 0.4) is 0 Å². The minimum Gasteiger partial charge on any atom is -0.462 e. The van der Waals surface area contributed by atoms with Gasteiger partial charge in [-0.3, -0.25) is 9.59 Å². The summed E-state index contributed by atoms with van der Waals surface area (Å²) in [7, 11) is 0. The smallest absolute Gasteiger partial charge is 0.306 e. The second-order valence-corrected chi connectivity index (χ2v) is 18.3. The van der Waals surface area contributed by atoms with E-state index in [2.05, 4.69) is 62.5 Å². The Hall–Kier alpha value is -1.92. The van der Waals surface area contributed by atoms with E-state index >= 15 is 0 Å². The van der Waals surface area contributed by atoms with Gasteiger partial charge >= 0.3 is 5.97 Å². The van der Waals surface area contributed by atoms with Gasteiger partial charge in [0.25, 0.3) is 0 Å². The van der Waals surface area contributed by atoms with Crippen molar-refractivity contribution >= 4 is 11.9 Å². The van der Waals surface area contributed by atoms with Crippen molar-refractivity contribution in [3.05, 3.63) is 36.5 Å². The van der Waals surface area contributed by atoms with Crippen LogP contribution in [0.15, 0.2) is 36.5 Å². The van der Waals surface area contributed by atoms with Crippen molar-refractivity contribution in [2.45, 2.75) is 296 Å². The fourth-order valence-electron chi connectivity index (χ4n) is 8.14. The number of aliphatic hydroxyl groups excluding tert-OH is 2. The molecule has 6 heteroatoms. The first-order valence-electron chi connectivity index (χ1n) is 26.7. The van der Waals surface area contributed by atoms with Gasteiger partial charge in [-0.2, -0.15) is 0 Å². The number of rotatable bonds is 48. The number of esters is 1. The average Bonchev–Trinajstić information content (AvgIpc) is 3.25. The third kappa shape index (κ3) is 44.5. The lowest BCUT2D eigenvalue weighted by molar-refractivity contribution is -0.151. The van der Waals surface area contributed by atoms with E-state index in [1.54, 1.807) is 0 Å². The minimum atomic E-state index is -0.788. The van der Waals surface area contributed by atoms with Crippen LogP contribution >= 0.6 is 0 Å². The van der Waals surface area contributed by atoms with Crippen LogP contribution in [0.2, 0.25) is 0 Å². The summed E-state index contributed by atoms with van der Waals surface area (Å²) < 4.78 is 5.91. The number of hydrogen-bond donors (Lipinski definition) is 3. The molecule has 6 nitrogen and oxygen atoms in total. The number of unbranched alkanes of at least 4 members (excludes halogenated alkanes) is 30. The molecule has 0 bridgehead atoms. The Morgan fingerprint density at radius 2 is 0.836 bits per heavy atom. The van der Waals surface area contributed by atoms with Crippen LogP contribution in [-0.4, -0.2) is 46.9 Å². The second kappa shape index (κ2) is 49.1. The zero-order chi connectivity index (χ0) is 44.5. The number of hydrogen-bond acceptors (Lipinski definition) is 5. The van der Waals surface area contributed by atoms with Gasteiger partial charge in [-0.25, -0.2) is 0 Å². The van der Waals surface area contributed by atoms with E-state index in [-0.39, 0.29) is 24.9 Å². The number of nitrogens with one attached hydrogen (secondary N) is 1. The maximum atomic E-state index is 13.2. The first-order valence-corrected chi connectivity index (χ1v) is 26.7. The standard InChI is InChI=1S/C55H103NO5/c1-4-7-10-13-16-19-21-23-25-27-29-31-33-36-39-42-45-48-55(60)61-51(46-43-40-37-34-18-15-12-9-6-3)49-54(59)56-52(50-57)53(58)47-44-41-38-35-32-30-28-26-24-22-20-17-14-11-8-5-2/h16,19,23,25,29,31,51-53,57-58H,4-15,17-18,20-22,24,26-28,30,32-50H2,1-3H3,(H,56,59)/b19-16-,25-23-,31-29-. The fraction of sp³-hybridized carbons (Fsp3) is 0.855. The predicted molar refractivity (Wildman–Crippen MR) is 264 cm³/mol. The highest BCUT2D eigenvalue weighted by molar-refractivity contribution is 5.77. The summed E-state index contributed by atoms with van der Waals surface area (Å²) in [6.45, 7) is 6.46. The summed E-state index contributed by atoms with van der Waals surface area (Å²) in [6.07, 6.45) is 57.8. The van der Waals surface area contributed by atoms with Crippen molar-refractivity contribution in [2.75, 3.05) is 6.61 Å². The van der Waals surface area contributed by atoms with Crippen molar-refractivity contribution < 1.29 is 24.5 Å². The van der Waals surface area contributed by atoms with Crippen molar-refractivity contribution in [3.63, 3.8) is 0 Å². The average molecular weight is 858 g/mol. The molecule has 0 aromatic heterocycles. The maximum Gasteiger partial charge on any atom is 0.306 e. The van der Waals surface area contributed by atoms with Gasteiger partial charge in [-0.1, -0.05) is 237 Å². The van der Waals surface area contributed by atoms with Crippen LogP contribution in [-0.2, 0) is 14.3 Å². The number of carbonyl (C=O) groups is 2. The van der Waals surface area contributed by atoms with Crippen molar-refractivity contribution in [3.8, 4) is 0 Å². The van der Waals surface area contributed by atoms with E-state index < -0.39 is 18.2 Å². The lowest BCUT2D eigenvalue weighted by atomic mass is 10.0. The van der Waals surface area contributed by atoms with E-state index in [1.165, 1.54) is 161 Å². The Labute approximate surface area is 379 Å². The molecule has 61 heavy (non-hydrogen) atoms. The lowest BCUT2D eigenvalue weighted by Gasteiger charge is -2.24. The molecular weight excluding hydrogens is 755 g/mol. The van der Waals surface area contributed by atoms with Gasteiger partial charge < -0.3 is 20.3 Å². The fourth-order valence-corrected chi connectivity index (χ4v) is 8.14. The normalized spacial score (nSPS) is 13.5. The highest BCUT2D eigenvalue weighted by Crippen LogP contribution is 2.18. The van der Waals surface area contributed by atoms with Crippen LogP contribution in [0, 0.1) is 0 Å². The molecule has 0 aliphatic carbocycles. The molecule has 0 heterocycles. The van der Waals surface area contributed by atoms with Gasteiger partial charge in [0, 0.05) is 6.42 Å². The first kappa shape index (κ1) is 59.1. The Bertz CT molecular complexity index is 1010. The summed E-state index contributed by atoms with van der Waals surface area (Å²) in [4.78, 5) is 26.1. The summed E-state index contributed by atoms with van der Waals surface area (Å²) in [5, 5.41) is 23.8. The van der Waals surface area contributed by atoms with E-state index in [9.17, 15) is 19.8 Å². The van der Waals surface area contributed by atoms with Crippen molar-refractivity contribution in [2.24, 2.45) is 0 Å². The van der Waals surface area contributed by atoms with Crippen molar-refractivity contribution in [1.29, 1.82) is 0 Å². The molecular formula is C55H103NO5.